The van der Waals surface area contributed by atoms with Gasteiger partial charge in [0, 0.05) is 24.8 Å². The van der Waals surface area contributed by atoms with Crippen molar-refractivity contribution < 1.29 is 0 Å². The first kappa shape index (κ1) is 13.3. The summed E-state index contributed by atoms with van der Waals surface area (Å²) in [6, 6.07) is 7.48. The number of hydrogen-bond acceptors (Lipinski definition) is 4. The largest absolute Gasteiger partial charge is 0.363 e. The minimum absolute atomic E-state index is 0.699. The standard InChI is InChI=1S/C11H11ClN4S2/c1-15(2)11(17)18-10-14-13-7-16(10)9-5-3-8(12)4-6-9/h3-7H,1-2H3. The van der Waals surface area contributed by atoms with E-state index in [1.807, 2.05) is 47.8 Å². The van der Waals surface area contributed by atoms with Gasteiger partial charge in [-0.2, -0.15) is 0 Å². The summed E-state index contributed by atoms with van der Waals surface area (Å²) in [6.07, 6.45) is 1.66. The molecule has 0 radical (unpaired) electrons. The fourth-order valence-electron chi connectivity index (χ4n) is 1.24. The van der Waals surface area contributed by atoms with E-state index >= 15 is 0 Å². The molecule has 0 saturated carbocycles. The molecular weight excluding hydrogens is 288 g/mol. The Morgan fingerprint density at radius 2 is 2.00 bits per heavy atom. The summed E-state index contributed by atoms with van der Waals surface area (Å²) in [4.78, 5) is 1.86. The van der Waals surface area contributed by atoms with Gasteiger partial charge >= 0.3 is 0 Å². The van der Waals surface area contributed by atoms with E-state index in [0.29, 0.717) is 5.02 Å². The first-order valence-corrected chi connectivity index (χ1v) is 6.73. The molecule has 2 rings (SSSR count). The van der Waals surface area contributed by atoms with Crippen LogP contribution in [0.4, 0.5) is 0 Å². The summed E-state index contributed by atoms with van der Waals surface area (Å²) in [6.45, 7) is 0. The molecule has 0 saturated heterocycles. The maximum Gasteiger partial charge on any atom is 0.202 e. The lowest BCUT2D eigenvalue weighted by Crippen LogP contribution is -2.16. The summed E-state index contributed by atoms with van der Waals surface area (Å²) in [5, 5.41) is 9.41. The number of hydrogen-bond donors (Lipinski definition) is 0. The fourth-order valence-corrected chi connectivity index (χ4v) is 2.27. The van der Waals surface area contributed by atoms with Crippen LogP contribution in [0.5, 0.6) is 0 Å². The fraction of sp³-hybridized carbons (Fsp3) is 0.182. The molecule has 0 atom stereocenters. The molecule has 0 N–H and O–H groups in total. The third-order valence-corrected chi connectivity index (χ3v) is 4.03. The summed E-state index contributed by atoms with van der Waals surface area (Å²) < 4.78 is 2.61. The summed E-state index contributed by atoms with van der Waals surface area (Å²) in [7, 11) is 3.80. The molecule has 1 aromatic heterocycles. The molecule has 94 valence electrons. The van der Waals surface area contributed by atoms with Crippen LogP contribution < -0.4 is 0 Å². The van der Waals surface area contributed by atoms with E-state index in [4.69, 9.17) is 23.8 Å². The molecule has 1 aromatic carbocycles. The minimum Gasteiger partial charge on any atom is -0.363 e. The number of thiocarbonyl (C=S) groups is 1. The van der Waals surface area contributed by atoms with Crippen molar-refractivity contribution in [3.05, 3.63) is 35.6 Å². The van der Waals surface area contributed by atoms with Gasteiger partial charge in [0.2, 0.25) is 5.16 Å². The van der Waals surface area contributed by atoms with E-state index in [-0.39, 0.29) is 0 Å². The molecule has 0 fully saturated rings. The van der Waals surface area contributed by atoms with Crippen LogP contribution in [-0.4, -0.2) is 38.1 Å². The van der Waals surface area contributed by atoms with Crippen LogP contribution in [-0.2, 0) is 0 Å². The minimum atomic E-state index is 0.699. The zero-order valence-corrected chi connectivity index (χ0v) is 12.3. The molecule has 0 bridgehead atoms. The first-order valence-electron chi connectivity index (χ1n) is 5.13. The van der Waals surface area contributed by atoms with Crippen LogP contribution in [0, 0.1) is 0 Å². The monoisotopic (exact) mass is 298 g/mol. The van der Waals surface area contributed by atoms with Gasteiger partial charge in [0.1, 0.15) is 10.6 Å². The van der Waals surface area contributed by atoms with Crippen molar-refractivity contribution in [3.8, 4) is 5.69 Å². The number of halogens is 1. The van der Waals surface area contributed by atoms with Crippen molar-refractivity contribution in [2.75, 3.05) is 14.1 Å². The van der Waals surface area contributed by atoms with Crippen molar-refractivity contribution in [1.29, 1.82) is 0 Å². The van der Waals surface area contributed by atoms with Gasteiger partial charge in [0.05, 0.1) is 0 Å². The second-order valence-corrected chi connectivity index (χ2v) is 5.76. The second-order valence-electron chi connectivity index (χ2n) is 3.72. The van der Waals surface area contributed by atoms with E-state index in [2.05, 4.69) is 10.2 Å². The highest BCUT2D eigenvalue weighted by atomic mass is 35.5. The lowest BCUT2D eigenvalue weighted by atomic mass is 10.3. The van der Waals surface area contributed by atoms with Gasteiger partial charge in [0.15, 0.2) is 0 Å². The molecule has 18 heavy (non-hydrogen) atoms. The quantitative estimate of drug-likeness (QED) is 0.629. The van der Waals surface area contributed by atoms with E-state index in [9.17, 15) is 0 Å². The highest BCUT2D eigenvalue weighted by molar-refractivity contribution is 8.22. The highest BCUT2D eigenvalue weighted by Gasteiger charge is 2.11. The Morgan fingerprint density at radius 3 is 2.61 bits per heavy atom. The normalized spacial score (nSPS) is 10.4. The molecule has 0 aliphatic rings. The van der Waals surface area contributed by atoms with Crippen LogP contribution in [0.2, 0.25) is 5.02 Å². The molecule has 4 nitrogen and oxygen atoms in total. The second kappa shape index (κ2) is 5.69. The summed E-state index contributed by atoms with van der Waals surface area (Å²) in [5.41, 5.74) is 0.952. The molecule has 0 aliphatic heterocycles. The molecule has 1 heterocycles. The average Bonchev–Trinajstić information content (AvgIpc) is 2.78. The van der Waals surface area contributed by atoms with E-state index in [0.717, 1.165) is 15.2 Å². The zero-order valence-electron chi connectivity index (χ0n) is 9.87. The van der Waals surface area contributed by atoms with Crippen LogP contribution in [0.15, 0.2) is 35.7 Å². The van der Waals surface area contributed by atoms with E-state index in [1.54, 1.807) is 6.33 Å². The van der Waals surface area contributed by atoms with Gasteiger partial charge in [-0.15, -0.1) is 10.2 Å². The lowest BCUT2D eigenvalue weighted by Gasteiger charge is -2.12. The van der Waals surface area contributed by atoms with Crippen molar-refractivity contribution >= 4 is 39.9 Å². The third kappa shape index (κ3) is 3.01. The zero-order chi connectivity index (χ0) is 13.1. The topological polar surface area (TPSA) is 34.0 Å². The van der Waals surface area contributed by atoms with Gasteiger partial charge in [-0.25, -0.2) is 0 Å². The van der Waals surface area contributed by atoms with Crippen molar-refractivity contribution in [2.45, 2.75) is 5.16 Å². The number of rotatable bonds is 2. The highest BCUT2D eigenvalue weighted by Crippen LogP contribution is 2.22. The first-order chi connectivity index (χ1) is 8.58. The Bertz CT molecular complexity index is 550. The Kier molecular flexibility index (Phi) is 4.21. The van der Waals surface area contributed by atoms with Crippen molar-refractivity contribution in [1.82, 2.24) is 19.7 Å². The van der Waals surface area contributed by atoms with Gasteiger partial charge in [-0.3, -0.25) is 4.57 Å². The number of aromatic nitrogens is 3. The Labute approximate surface area is 120 Å². The van der Waals surface area contributed by atoms with E-state index in [1.165, 1.54) is 11.8 Å². The maximum absolute atomic E-state index is 5.87. The number of nitrogens with zero attached hydrogens (tertiary/aromatic N) is 4. The van der Waals surface area contributed by atoms with Crippen molar-refractivity contribution in [2.24, 2.45) is 0 Å². The Morgan fingerprint density at radius 1 is 1.33 bits per heavy atom. The predicted molar refractivity (Wildman–Crippen MR) is 78.5 cm³/mol. The molecule has 7 heteroatoms. The van der Waals surface area contributed by atoms with E-state index < -0.39 is 0 Å². The van der Waals surface area contributed by atoms with Gasteiger partial charge in [0.25, 0.3) is 0 Å². The molecule has 0 spiro atoms. The van der Waals surface area contributed by atoms with Crippen molar-refractivity contribution in [3.63, 3.8) is 0 Å². The van der Waals surface area contributed by atoms with Gasteiger partial charge in [-0.1, -0.05) is 23.8 Å². The molecule has 0 unspecified atom stereocenters. The predicted octanol–water partition coefficient (Wildman–Crippen LogP) is 2.86. The number of thioether (sulfide) groups is 1. The van der Waals surface area contributed by atoms with Gasteiger partial charge in [-0.05, 0) is 36.0 Å². The third-order valence-electron chi connectivity index (χ3n) is 2.17. The average molecular weight is 299 g/mol. The molecule has 0 aliphatic carbocycles. The molecular formula is C11H11ClN4S2. The molecule has 2 aromatic rings. The smallest absolute Gasteiger partial charge is 0.202 e. The van der Waals surface area contributed by atoms with Gasteiger partial charge < -0.3 is 4.90 Å². The Hall–Kier alpha value is -1.11. The summed E-state index contributed by atoms with van der Waals surface area (Å²) in [5.74, 6) is 0. The van der Waals surface area contributed by atoms with Crippen LogP contribution in [0.3, 0.4) is 0 Å². The van der Waals surface area contributed by atoms with Crippen LogP contribution in [0.25, 0.3) is 5.69 Å². The molecule has 0 amide bonds. The lowest BCUT2D eigenvalue weighted by molar-refractivity contribution is 0.647. The maximum atomic E-state index is 5.87. The summed E-state index contributed by atoms with van der Waals surface area (Å²) >= 11 is 12.5. The van der Waals surface area contributed by atoms with Crippen LogP contribution >= 0.6 is 35.6 Å². The van der Waals surface area contributed by atoms with Crippen LogP contribution in [0.1, 0.15) is 0 Å². The Balaban J connectivity index is 2.27. The number of benzene rings is 1. The SMILES string of the molecule is CN(C)C(=S)Sc1nncn1-c1ccc(Cl)cc1.